The molecule has 0 aromatic carbocycles. The molecule has 8 heteroatoms. The van der Waals surface area contributed by atoms with E-state index < -0.39 is 12.2 Å². The molecule has 3 nitrogen and oxygen atoms in total. The summed E-state index contributed by atoms with van der Waals surface area (Å²) < 4.78 is 37.1. The van der Waals surface area contributed by atoms with Gasteiger partial charge in [-0.05, 0) is 0 Å². The summed E-state index contributed by atoms with van der Waals surface area (Å²) in [6.45, 7) is 0.333. The number of hydrogen-bond acceptors (Lipinski definition) is 2. The van der Waals surface area contributed by atoms with Crippen molar-refractivity contribution in [2.75, 3.05) is 6.54 Å². The third kappa shape index (κ3) is 2.76. The van der Waals surface area contributed by atoms with Crippen molar-refractivity contribution in [3.05, 3.63) is 17.7 Å². The van der Waals surface area contributed by atoms with Crippen LogP contribution in [0.4, 0.5) is 13.2 Å². The highest BCUT2D eigenvalue weighted by atomic mass is 35.5. The van der Waals surface area contributed by atoms with Gasteiger partial charge < -0.3 is 10.3 Å². The van der Waals surface area contributed by atoms with Crippen molar-refractivity contribution >= 4 is 24.8 Å². The molecule has 0 aliphatic carbocycles. The van der Waals surface area contributed by atoms with E-state index in [9.17, 15) is 13.2 Å². The van der Waals surface area contributed by atoms with Gasteiger partial charge in [0.2, 0.25) is 0 Å². The van der Waals surface area contributed by atoms with Gasteiger partial charge in [0, 0.05) is 18.7 Å². The second-order valence-corrected chi connectivity index (χ2v) is 2.95. The third-order valence-corrected chi connectivity index (χ3v) is 2.08. The fourth-order valence-corrected chi connectivity index (χ4v) is 1.49. The van der Waals surface area contributed by atoms with Gasteiger partial charge in [-0.1, -0.05) is 0 Å². The molecule has 2 heterocycles. The fourth-order valence-electron chi connectivity index (χ4n) is 1.49. The number of H-pyrrole nitrogens is 1. The molecule has 1 aromatic heterocycles. The second-order valence-electron chi connectivity index (χ2n) is 2.95. The van der Waals surface area contributed by atoms with Crippen molar-refractivity contribution in [3.63, 3.8) is 0 Å². The van der Waals surface area contributed by atoms with Crippen LogP contribution in [0.15, 0.2) is 6.33 Å². The molecule has 0 bridgehead atoms. The maximum Gasteiger partial charge on any atom is 0.409 e. The van der Waals surface area contributed by atoms with Gasteiger partial charge in [0.05, 0.1) is 12.0 Å². The summed E-state index contributed by atoms with van der Waals surface area (Å²) in [5, 5.41) is 2.39. The van der Waals surface area contributed by atoms with Crippen molar-refractivity contribution < 1.29 is 13.2 Å². The molecule has 88 valence electrons. The smallest absolute Gasteiger partial charge is 0.348 e. The first-order valence-corrected chi connectivity index (χ1v) is 3.91. The normalized spacial score (nSPS) is 19.8. The van der Waals surface area contributed by atoms with Crippen molar-refractivity contribution in [3.8, 4) is 0 Å². The number of fused-ring (bicyclic) bond motifs is 1. The van der Waals surface area contributed by atoms with E-state index in [0.717, 1.165) is 0 Å². The molecule has 0 saturated carbocycles. The standard InChI is InChI=1S/C7H8F3N3.2ClH/c8-7(9,10)6-5-4(1-2-11-6)12-3-13-5;;/h3,6,11H,1-2H2,(H,12,13);2*1H. The fraction of sp³-hybridized carbons (Fsp3) is 0.571. The van der Waals surface area contributed by atoms with E-state index in [1.807, 2.05) is 0 Å². The van der Waals surface area contributed by atoms with Crippen LogP contribution in [-0.4, -0.2) is 22.7 Å². The van der Waals surface area contributed by atoms with Crippen LogP contribution in [0.3, 0.4) is 0 Å². The molecule has 2 N–H and O–H groups in total. The molecular weight excluding hydrogens is 254 g/mol. The van der Waals surface area contributed by atoms with Gasteiger partial charge in [-0.2, -0.15) is 13.2 Å². The Morgan fingerprint density at radius 2 is 2.00 bits per heavy atom. The van der Waals surface area contributed by atoms with E-state index in [4.69, 9.17) is 0 Å². The Kier molecular flexibility index (Phi) is 4.89. The average Bonchev–Trinajstić information content (AvgIpc) is 2.48. The molecule has 0 saturated heterocycles. The van der Waals surface area contributed by atoms with Crippen LogP contribution >= 0.6 is 24.8 Å². The summed E-state index contributed by atoms with van der Waals surface area (Å²) in [5.74, 6) is 0. The number of nitrogens with one attached hydrogen (secondary N) is 2. The zero-order chi connectivity index (χ0) is 9.47. The minimum Gasteiger partial charge on any atom is -0.348 e. The highest BCUT2D eigenvalue weighted by Gasteiger charge is 2.44. The average molecular weight is 264 g/mol. The van der Waals surface area contributed by atoms with E-state index in [-0.39, 0.29) is 30.5 Å². The van der Waals surface area contributed by atoms with Gasteiger partial charge in [0.25, 0.3) is 0 Å². The first-order valence-electron chi connectivity index (χ1n) is 3.91. The number of rotatable bonds is 0. The van der Waals surface area contributed by atoms with Crippen molar-refractivity contribution in [2.45, 2.75) is 18.6 Å². The van der Waals surface area contributed by atoms with Crippen LogP contribution in [0.25, 0.3) is 0 Å². The topological polar surface area (TPSA) is 40.7 Å². The zero-order valence-corrected chi connectivity index (χ0v) is 9.10. The van der Waals surface area contributed by atoms with Gasteiger partial charge >= 0.3 is 6.18 Å². The van der Waals surface area contributed by atoms with E-state index >= 15 is 0 Å². The molecule has 0 fully saturated rings. The molecule has 2 rings (SSSR count). The van der Waals surface area contributed by atoms with Gasteiger partial charge in [-0.25, -0.2) is 4.98 Å². The Morgan fingerprint density at radius 3 is 2.60 bits per heavy atom. The predicted octanol–water partition coefficient (Wildman–Crippen LogP) is 2.00. The Hall–Kier alpha value is -0.460. The highest BCUT2D eigenvalue weighted by molar-refractivity contribution is 5.85. The molecule has 1 aromatic rings. The van der Waals surface area contributed by atoms with E-state index in [2.05, 4.69) is 15.3 Å². The van der Waals surface area contributed by atoms with Gasteiger partial charge in [0.15, 0.2) is 0 Å². The van der Waals surface area contributed by atoms with Crippen molar-refractivity contribution in [1.29, 1.82) is 0 Å². The molecule has 1 aliphatic rings. The lowest BCUT2D eigenvalue weighted by molar-refractivity contribution is -0.159. The Labute approximate surface area is 96.7 Å². The molecular formula is C7H10Cl2F3N3. The molecule has 0 radical (unpaired) electrons. The lowest BCUT2D eigenvalue weighted by Gasteiger charge is -2.24. The maximum absolute atomic E-state index is 12.4. The Bertz CT molecular complexity index is 313. The van der Waals surface area contributed by atoms with Crippen molar-refractivity contribution in [1.82, 2.24) is 15.3 Å². The van der Waals surface area contributed by atoms with Crippen LogP contribution in [-0.2, 0) is 6.42 Å². The van der Waals surface area contributed by atoms with Crippen LogP contribution in [0.5, 0.6) is 0 Å². The number of halogens is 5. The molecule has 1 atom stereocenters. The number of aromatic amines is 1. The van der Waals surface area contributed by atoms with Gasteiger partial charge in [-0.3, -0.25) is 0 Å². The van der Waals surface area contributed by atoms with Crippen LogP contribution in [0.2, 0.25) is 0 Å². The SMILES string of the molecule is Cl.Cl.FC(F)(F)C1NCCc2[nH]cnc21. The summed E-state index contributed by atoms with van der Waals surface area (Å²) in [6, 6.07) is -1.61. The quantitative estimate of drug-likeness (QED) is 0.752. The number of aromatic nitrogens is 2. The largest absolute Gasteiger partial charge is 0.409 e. The van der Waals surface area contributed by atoms with E-state index in [0.29, 0.717) is 18.7 Å². The van der Waals surface area contributed by atoms with E-state index in [1.165, 1.54) is 6.33 Å². The molecule has 0 spiro atoms. The lowest BCUT2D eigenvalue weighted by Crippen LogP contribution is -2.39. The minimum absolute atomic E-state index is 0. The Balaban J connectivity index is 0.000000980. The second kappa shape index (κ2) is 5.05. The summed E-state index contributed by atoms with van der Waals surface area (Å²) in [7, 11) is 0. The highest BCUT2D eigenvalue weighted by Crippen LogP contribution is 2.34. The summed E-state index contributed by atoms with van der Waals surface area (Å²) in [4.78, 5) is 6.38. The molecule has 1 aliphatic heterocycles. The first-order chi connectivity index (χ1) is 6.09. The van der Waals surface area contributed by atoms with Crippen LogP contribution in [0, 0.1) is 0 Å². The lowest BCUT2D eigenvalue weighted by atomic mass is 10.1. The van der Waals surface area contributed by atoms with Crippen LogP contribution < -0.4 is 5.32 Å². The molecule has 15 heavy (non-hydrogen) atoms. The third-order valence-electron chi connectivity index (χ3n) is 2.08. The zero-order valence-electron chi connectivity index (χ0n) is 7.47. The summed E-state index contributed by atoms with van der Waals surface area (Å²) in [5.41, 5.74) is 0.667. The minimum atomic E-state index is -4.26. The van der Waals surface area contributed by atoms with Crippen molar-refractivity contribution in [2.24, 2.45) is 0 Å². The van der Waals surface area contributed by atoms with Crippen LogP contribution in [0.1, 0.15) is 17.4 Å². The van der Waals surface area contributed by atoms with Gasteiger partial charge in [-0.15, -0.1) is 24.8 Å². The molecule has 1 unspecified atom stereocenters. The first kappa shape index (κ1) is 14.5. The number of nitrogens with zero attached hydrogens (tertiary/aromatic N) is 1. The predicted molar refractivity (Wildman–Crippen MR) is 53.6 cm³/mol. The molecule has 0 amide bonds. The number of alkyl halides is 3. The van der Waals surface area contributed by atoms with E-state index in [1.54, 1.807) is 0 Å². The Morgan fingerprint density at radius 1 is 1.33 bits per heavy atom. The monoisotopic (exact) mass is 263 g/mol. The number of imidazole rings is 1. The summed E-state index contributed by atoms with van der Waals surface area (Å²) >= 11 is 0. The maximum atomic E-state index is 12.4. The summed E-state index contributed by atoms with van der Waals surface area (Å²) in [6.07, 6.45) is -2.39. The van der Waals surface area contributed by atoms with Gasteiger partial charge in [0.1, 0.15) is 6.04 Å². The number of hydrogen-bond donors (Lipinski definition) is 2.